The third-order valence-electron chi connectivity index (χ3n) is 16.1. The molecule has 0 aliphatic rings. The Morgan fingerprint density at radius 2 is 0.539 bits per heavy atom. The average Bonchev–Trinajstić information content (AvgIpc) is 0.907. The molecule has 3 N–H and O–H groups in total. The highest BCUT2D eigenvalue weighted by Crippen LogP contribution is 2.45. The Bertz CT molecular complexity index is 2460. The molecule has 0 aromatic carbocycles. The van der Waals surface area contributed by atoms with Crippen LogP contribution in [-0.4, -0.2) is 96.7 Å². The van der Waals surface area contributed by atoms with Gasteiger partial charge in [0.1, 0.15) is 19.3 Å². The lowest BCUT2D eigenvalue weighted by Gasteiger charge is -2.21. The summed E-state index contributed by atoms with van der Waals surface area (Å²) in [7, 11) is -9.98. The molecular formula is C83H140O17P2. The number of phosphoric ester groups is 2. The first kappa shape index (κ1) is 97.2. The van der Waals surface area contributed by atoms with E-state index in [9.17, 15) is 43.2 Å². The van der Waals surface area contributed by atoms with Crippen LogP contribution in [0.3, 0.4) is 0 Å². The highest BCUT2D eigenvalue weighted by Gasteiger charge is 2.30. The van der Waals surface area contributed by atoms with Gasteiger partial charge in [0, 0.05) is 25.7 Å². The van der Waals surface area contributed by atoms with Gasteiger partial charge in [-0.1, -0.05) is 290 Å². The van der Waals surface area contributed by atoms with Crippen LogP contribution >= 0.6 is 15.6 Å². The Morgan fingerprint density at radius 1 is 0.284 bits per heavy atom. The zero-order valence-corrected chi connectivity index (χ0v) is 65.5. The molecule has 0 aliphatic heterocycles. The molecule has 0 saturated heterocycles. The average molecular weight is 1470 g/mol. The Labute approximate surface area is 618 Å². The number of hydrogen-bond acceptors (Lipinski definition) is 15. The Balaban J connectivity index is 5.39. The first-order valence-corrected chi connectivity index (χ1v) is 42.4. The van der Waals surface area contributed by atoms with Gasteiger partial charge in [-0.15, -0.1) is 0 Å². The van der Waals surface area contributed by atoms with Gasteiger partial charge in [-0.25, -0.2) is 9.13 Å². The van der Waals surface area contributed by atoms with Crippen LogP contribution in [-0.2, 0) is 65.4 Å². The minimum absolute atomic E-state index is 0.0715. The van der Waals surface area contributed by atoms with Gasteiger partial charge in [-0.2, -0.15) is 0 Å². The zero-order valence-electron chi connectivity index (χ0n) is 63.7. The Kier molecular flexibility index (Phi) is 71.0. The van der Waals surface area contributed by atoms with Crippen molar-refractivity contribution in [1.82, 2.24) is 0 Å². The van der Waals surface area contributed by atoms with Crippen molar-refractivity contribution < 1.29 is 80.2 Å². The first-order valence-electron chi connectivity index (χ1n) is 39.4. The summed E-state index contributed by atoms with van der Waals surface area (Å²) in [5.41, 5.74) is 0. The van der Waals surface area contributed by atoms with Crippen molar-refractivity contribution >= 4 is 39.5 Å². The summed E-state index contributed by atoms with van der Waals surface area (Å²) >= 11 is 0. The molecule has 102 heavy (non-hydrogen) atoms. The molecular weight excluding hydrogens is 1330 g/mol. The van der Waals surface area contributed by atoms with Crippen LogP contribution in [0, 0.1) is 0 Å². The predicted molar refractivity (Wildman–Crippen MR) is 418 cm³/mol. The number of rotatable bonds is 73. The molecule has 0 amide bonds. The zero-order chi connectivity index (χ0) is 74.6. The predicted octanol–water partition coefficient (Wildman–Crippen LogP) is 22.9. The van der Waals surface area contributed by atoms with Crippen LogP contribution in [0.25, 0.3) is 0 Å². The number of allylic oxidation sites excluding steroid dienone is 22. The highest BCUT2D eigenvalue weighted by molar-refractivity contribution is 7.47. The van der Waals surface area contributed by atoms with Gasteiger partial charge in [-0.05, 0) is 128 Å². The van der Waals surface area contributed by atoms with Crippen molar-refractivity contribution in [1.29, 1.82) is 0 Å². The minimum Gasteiger partial charge on any atom is -0.462 e. The SMILES string of the molecule is CC/C=C\C/C=C\C/C=C\C/C=C\C/C=C\CCCC(=O)OCC(COP(=O)(O)OCC(O)COP(=O)(O)OCC(COC(=O)CCCCCCCC/C=C\C/C=C\C/C=C\C/C=C\CC)OC(=O)CCCCCCC/C=C\C/C=C\CCC)OC(=O)CCCCCCCCCCCCCCC. The maximum absolute atomic E-state index is 13.1. The van der Waals surface area contributed by atoms with Gasteiger partial charge in [0.15, 0.2) is 12.2 Å². The standard InChI is InChI=1S/C83H140O17P2/c1-5-9-13-17-21-25-29-33-35-37-38-40-42-46-48-52-56-60-64-68-81(86)94-74-79(100-83(88)70-66-62-58-54-50-44-32-28-24-20-16-12-8-4)76-98-102(91,92)96-72-77(84)71-95-101(89,90)97-75-78(99-82(87)69-65-61-57-53-49-43-31-27-23-19-15-11-7-3)73-93-80(85)67-63-59-55-51-47-45-41-39-36-34-30-26-22-18-14-10-6-2/h9-10,13-14,16,20-22,25-26,28,32-36,38,40-41,45,51,55,77-79,84H,5-8,11-12,15,17-19,23-24,27,29-31,37,39,42-44,46-50,52-54,56-76H2,1-4H3,(H,89,90)(H,91,92)/b13-9-,14-10-,20-16-,25-21-,26-22-,32-28-,35-33-,36-34-,40-38-,45-41-,55-51-. The second-order valence-corrected chi connectivity index (χ2v) is 28.8. The molecule has 0 saturated carbocycles. The van der Waals surface area contributed by atoms with E-state index in [4.69, 9.17) is 37.0 Å². The fourth-order valence-electron chi connectivity index (χ4n) is 10.2. The number of unbranched alkanes of at least 4 members (excludes halogenated alkanes) is 25. The maximum Gasteiger partial charge on any atom is 0.472 e. The fraction of sp³-hybridized carbons (Fsp3) is 0.687. The lowest BCUT2D eigenvalue weighted by Crippen LogP contribution is -2.30. The number of aliphatic hydroxyl groups is 1. The van der Waals surface area contributed by atoms with Gasteiger partial charge < -0.3 is 33.8 Å². The van der Waals surface area contributed by atoms with E-state index in [2.05, 4.69) is 149 Å². The molecule has 0 aromatic rings. The number of aliphatic hydroxyl groups excluding tert-OH is 1. The van der Waals surface area contributed by atoms with Crippen LogP contribution in [0.4, 0.5) is 0 Å². The summed E-state index contributed by atoms with van der Waals surface area (Å²) in [4.78, 5) is 72.9. The molecule has 0 fully saturated rings. The molecule has 19 heteroatoms. The Hall–Kier alpha value is -4.80. The normalized spacial score (nSPS) is 14.6. The van der Waals surface area contributed by atoms with E-state index in [0.29, 0.717) is 32.1 Å². The molecule has 17 nitrogen and oxygen atoms in total. The number of phosphoric acid groups is 2. The first-order chi connectivity index (χ1) is 49.7. The maximum atomic E-state index is 13.1. The van der Waals surface area contributed by atoms with Crippen LogP contribution in [0.15, 0.2) is 134 Å². The van der Waals surface area contributed by atoms with Crippen molar-refractivity contribution in [3.63, 3.8) is 0 Å². The lowest BCUT2D eigenvalue weighted by molar-refractivity contribution is -0.161. The topological polar surface area (TPSA) is 237 Å². The summed E-state index contributed by atoms with van der Waals surface area (Å²) in [6.07, 6.45) is 83.0. The van der Waals surface area contributed by atoms with Crippen LogP contribution in [0.5, 0.6) is 0 Å². The number of hydrogen-bond donors (Lipinski definition) is 3. The lowest BCUT2D eigenvalue weighted by atomic mass is 10.0. The molecule has 584 valence electrons. The fourth-order valence-corrected chi connectivity index (χ4v) is 11.7. The van der Waals surface area contributed by atoms with E-state index in [1.807, 2.05) is 12.2 Å². The van der Waals surface area contributed by atoms with E-state index in [1.165, 1.54) is 51.4 Å². The number of carbonyl (C=O) groups is 4. The highest BCUT2D eigenvalue weighted by atomic mass is 31.2. The van der Waals surface area contributed by atoms with E-state index >= 15 is 0 Å². The van der Waals surface area contributed by atoms with Crippen molar-refractivity contribution in [3.05, 3.63) is 134 Å². The molecule has 0 spiro atoms. The second-order valence-electron chi connectivity index (χ2n) is 25.9. The monoisotopic (exact) mass is 1470 g/mol. The summed E-state index contributed by atoms with van der Waals surface area (Å²) in [5.74, 6) is -2.27. The largest absolute Gasteiger partial charge is 0.472 e. The van der Waals surface area contributed by atoms with Crippen molar-refractivity contribution in [3.8, 4) is 0 Å². The number of ether oxygens (including phenoxy) is 4. The van der Waals surface area contributed by atoms with E-state index in [0.717, 1.165) is 173 Å². The van der Waals surface area contributed by atoms with E-state index in [-0.39, 0.29) is 25.7 Å². The number of carbonyl (C=O) groups excluding carboxylic acids is 4. The van der Waals surface area contributed by atoms with Crippen LogP contribution in [0.1, 0.15) is 310 Å². The molecule has 5 atom stereocenters. The van der Waals surface area contributed by atoms with Gasteiger partial charge in [0.05, 0.1) is 26.4 Å². The molecule has 0 bridgehead atoms. The molecule has 0 aromatic heterocycles. The summed E-state index contributed by atoms with van der Waals surface area (Å²) in [5, 5.41) is 10.6. The number of esters is 4. The smallest absolute Gasteiger partial charge is 0.462 e. The Morgan fingerprint density at radius 3 is 0.863 bits per heavy atom. The van der Waals surface area contributed by atoms with E-state index < -0.39 is 97.5 Å². The summed E-state index contributed by atoms with van der Waals surface area (Å²) < 4.78 is 68.5. The van der Waals surface area contributed by atoms with Crippen molar-refractivity contribution in [2.75, 3.05) is 39.6 Å². The van der Waals surface area contributed by atoms with E-state index in [1.54, 1.807) is 0 Å². The van der Waals surface area contributed by atoms with Gasteiger partial charge in [-0.3, -0.25) is 37.3 Å². The second kappa shape index (κ2) is 74.5. The van der Waals surface area contributed by atoms with Gasteiger partial charge >= 0.3 is 39.5 Å². The quantitative estimate of drug-likeness (QED) is 0.0169. The molecule has 5 unspecified atom stereocenters. The third-order valence-corrected chi connectivity index (χ3v) is 18.0. The molecule has 0 radical (unpaired) electrons. The van der Waals surface area contributed by atoms with Crippen LogP contribution in [0.2, 0.25) is 0 Å². The van der Waals surface area contributed by atoms with Gasteiger partial charge in [0.25, 0.3) is 0 Å². The van der Waals surface area contributed by atoms with Crippen LogP contribution < -0.4 is 0 Å². The third kappa shape index (κ3) is 73.5. The van der Waals surface area contributed by atoms with Gasteiger partial charge in [0.2, 0.25) is 0 Å². The molecule has 0 aliphatic carbocycles. The summed E-state index contributed by atoms with van der Waals surface area (Å²) in [6, 6.07) is 0. The van der Waals surface area contributed by atoms with Crippen molar-refractivity contribution in [2.45, 2.75) is 329 Å². The molecule has 0 heterocycles. The molecule has 0 rings (SSSR count). The minimum atomic E-state index is -4.99. The van der Waals surface area contributed by atoms with Crippen molar-refractivity contribution in [2.24, 2.45) is 0 Å². The summed E-state index contributed by atoms with van der Waals surface area (Å²) in [6.45, 7) is 4.50.